The molecule has 1 aliphatic rings. The van der Waals surface area contributed by atoms with Gasteiger partial charge in [0.25, 0.3) is 5.56 Å². The molecule has 0 atom stereocenters. The molecule has 0 bridgehead atoms. The number of anilines is 1. The Kier molecular flexibility index (Phi) is 6.60. The lowest BCUT2D eigenvalue weighted by Crippen LogP contribution is -2.26. The van der Waals surface area contributed by atoms with Crippen LogP contribution in [0.4, 0.5) is 5.69 Å². The summed E-state index contributed by atoms with van der Waals surface area (Å²) in [5.41, 5.74) is 1.70. The molecule has 9 heteroatoms. The van der Waals surface area contributed by atoms with E-state index in [-0.39, 0.29) is 23.1 Å². The number of aryl methyl sites for hydroxylation is 2. The number of hydrogen-bond donors (Lipinski definition) is 1. The van der Waals surface area contributed by atoms with Crippen LogP contribution in [0, 0.1) is 5.92 Å². The molecule has 6 nitrogen and oxygen atoms in total. The minimum atomic E-state index is -0.218. The number of halogens is 1. The lowest BCUT2D eigenvalue weighted by Gasteiger charge is -2.14. The van der Waals surface area contributed by atoms with Gasteiger partial charge in [-0.15, -0.1) is 11.3 Å². The van der Waals surface area contributed by atoms with Crippen molar-refractivity contribution >= 4 is 56.5 Å². The van der Waals surface area contributed by atoms with Crippen LogP contribution in [0.2, 0.25) is 5.02 Å². The van der Waals surface area contributed by atoms with Gasteiger partial charge in [0.15, 0.2) is 5.16 Å². The summed E-state index contributed by atoms with van der Waals surface area (Å²) in [6.07, 6.45) is 3.07. The Morgan fingerprint density at radius 3 is 2.94 bits per heavy atom. The first-order valence-electron chi connectivity index (χ1n) is 10.2. The number of nitrogens with zero attached hydrogens (tertiary/aromatic N) is 2. The second-order valence-corrected chi connectivity index (χ2v) is 10.4. The van der Waals surface area contributed by atoms with E-state index in [1.807, 2.05) is 0 Å². The summed E-state index contributed by atoms with van der Waals surface area (Å²) in [5, 5.41) is 4.70. The Bertz CT molecular complexity index is 1200. The van der Waals surface area contributed by atoms with Gasteiger partial charge >= 0.3 is 0 Å². The van der Waals surface area contributed by atoms with E-state index in [9.17, 15) is 9.59 Å². The highest BCUT2D eigenvalue weighted by Gasteiger charge is 2.24. The summed E-state index contributed by atoms with van der Waals surface area (Å²) in [4.78, 5) is 32.8. The number of ether oxygens (including phenoxy) is 1. The molecular formula is C22H24ClN3O3S2. The average molecular weight is 478 g/mol. The maximum absolute atomic E-state index is 13.3. The monoisotopic (exact) mass is 477 g/mol. The summed E-state index contributed by atoms with van der Waals surface area (Å²) < 4.78 is 7.02. The zero-order valence-corrected chi connectivity index (χ0v) is 20.0. The lowest BCUT2D eigenvalue weighted by atomic mass is 10.2. The molecule has 1 N–H and O–H groups in total. The van der Waals surface area contributed by atoms with Gasteiger partial charge < -0.3 is 10.1 Å². The van der Waals surface area contributed by atoms with E-state index in [0.29, 0.717) is 28.2 Å². The number of nitrogens with one attached hydrogen (secondary N) is 1. The van der Waals surface area contributed by atoms with Gasteiger partial charge in [0.1, 0.15) is 10.6 Å². The van der Waals surface area contributed by atoms with E-state index in [2.05, 4.69) is 19.2 Å². The van der Waals surface area contributed by atoms with E-state index in [1.54, 1.807) is 34.1 Å². The summed E-state index contributed by atoms with van der Waals surface area (Å²) >= 11 is 8.94. The highest BCUT2D eigenvalue weighted by molar-refractivity contribution is 7.99. The van der Waals surface area contributed by atoms with Crippen LogP contribution in [-0.4, -0.2) is 28.3 Å². The van der Waals surface area contributed by atoms with Crippen molar-refractivity contribution in [2.24, 2.45) is 5.92 Å². The van der Waals surface area contributed by atoms with Gasteiger partial charge in [0.2, 0.25) is 5.91 Å². The van der Waals surface area contributed by atoms with E-state index in [4.69, 9.17) is 21.3 Å². The molecule has 1 aliphatic carbocycles. The van der Waals surface area contributed by atoms with Crippen LogP contribution in [0.5, 0.6) is 5.75 Å². The third-order valence-corrected chi connectivity index (χ3v) is 7.50. The maximum atomic E-state index is 13.3. The predicted octanol–water partition coefficient (Wildman–Crippen LogP) is 5.00. The first-order valence-corrected chi connectivity index (χ1v) is 12.4. The van der Waals surface area contributed by atoms with Gasteiger partial charge in [0.05, 0.1) is 23.9 Å². The fraction of sp³-hybridized carbons (Fsp3) is 0.409. The third-order valence-electron chi connectivity index (χ3n) is 5.11. The van der Waals surface area contributed by atoms with Gasteiger partial charge in [-0.3, -0.25) is 14.2 Å². The van der Waals surface area contributed by atoms with Crippen molar-refractivity contribution in [2.75, 3.05) is 18.2 Å². The number of fused-ring (bicyclic) bond motifs is 3. The second kappa shape index (κ2) is 9.22. The fourth-order valence-corrected chi connectivity index (χ4v) is 6.07. The molecule has 0 radical (unpaired) electrons. The van der Waals surface area contributed by atoms with Gasteiger partial charge in [-0.05, 0) is 48.9 Å². The topological polar surface area (TPSA) is 73.2 Å². The zero-order valence-electron chi connectivity index (χ0n) is 17.7. The zero-order chi connectivity index (χ0) is 22.1. The largest absolute Gasteiger partial charge is 0.495 e. The second-order valence-electron chi connectivity index (χ2n) is 7.92. The lowest BCUT2D eigenvalue weighted by molar-refractivity contribution is -0.113. The minimum Gasteiger partial charge on any atom is -0.495 e. The molecule has 1 amide bonds. The predicted molar refractivity (Wildman–Crippen MR) is 128 cm³/mol. The normalized spacial score (nSPS) is 13.1. The highest BCUT2D eigenvalue weighted by atomic mass is 35.5. The number of rotatable bonds is 7. The fourth-order valence-electron chi connectivity index (χ4n) is 3.79. The van der Waals surface area contributed by atoms with Crippen LogP contribution in [0.1, 0.15) is 30.7 Å². The van der Waals surface area contributed by atoms with Crippen molar-refractivity contribution in [2.45, 2.75) is 44.8 Å². The standard InChI is InChI=1S/C22H24ClN3O3S2/c1-12(2)10-26-21(28)19-14-5-4-6-17(14)31-20(19)25-22(26)30-11-18(27)24-15-9-13(23)7-8-16(15)29-3/h7-9,12H,4-6,10-11H2,1-3H3,(H,24,27). The number of thioether (sulfide) groups is 1. The minimum absolute atomic E-state index is 0.0116. The molecule has 0 unspecified atom stereocenters. The SMILES string of the molecule is COc1ccc(Cl)cc1NC(=O)CSc1nc2sc3c(c2c(=O)n1CC(C)C)CCC3. The van der Waals surface area contributed by atoms with Crippen molar-refractivity contribution in [3.63, 3.8) is 0 Å². The van der Waals surface area contributed by atoms with E-state index >= 15 is 0 Å². The van der Waals surface area contributed by atoms with Crippen molar-refractivity contribution in [1.29, 1.82) is 0 Å². The molecule has 0 saturated heterocycles. The molecule has 2 heterocycles. The average Bonchev–Trinajstić information content (AvgIpc) is 3.29. The number of carbonyl (C=O) groups excluding carboxylic acids is 1. The molecule has 1 aromatic carbocycles. The first kappa shape index (κ1) is 22.2. The van der Waals surface area contributed by atoms with Crippen LogP contribution in [0.25, 0.3) is 10.2 Å². The molecule has 0 spiro atoms. The number of thiophene rings is 1. The van der Waals surface area contributed by atoms with Crippen LogP contribution in [0.3, 0.4) is 0 Å². The summed E-state index contributed by atoms with van der Waals surface area (Å²) in [7, 11) is 1.54. The highest BCUT2D eigenvalue weighted by Crippen LogP contribution is 2.36. The number of carbonyl (C=O) groups is 1. The van der Waals surface area contributed by atoms with E-state index < -0.39 is 0 Å². The summed E-state index contributed by atoms with van der Waals surface area (Å²) in [6.45, 7) is 4.71. The molecule has 0 aliphatic heterocycles. The number of aromatic nitrogens is 2. The molecule has 2 aromatic heterocycles. The van der Waals surface area contributed by atoms with E-state index in [0.717, 1.165) is 29.5 Å². The molecular weight excluding hydrogens is 454 g/mol. The van der Waals surface area contributed by atoms with E-state index in [1.165, 1.54) is 29.3 Å². The molecule has 0 fully saturated rings. The number of benzene rings is 1. The van der Waals surface area contributed by atoms with Crippen LogP contribution in [-0.2, 0) is 24.2 Å². The first-order chi connectivity index (χ1) is 14.9. The van der Waals surface area contributed by atoms with Crippen LogP contribution < -0.4 is 15.6 Å². The van der Waals surface area contributed by atoms with Gasteiger partial charge in [-0.1, -0.05) is 37.2 Å². The Balaban J connectivity index is 1.60. The van der Waals surface area contributed by atoms with Crippen molar-refractivity contribution in [1.82, 2.24) is 9.55 Å². The van der Waals surface area contributed by atoms with Crippen molar-refractivity contribution < 1.29 is 9.53 Å². The Labute approximate surface area is 194 Å². The maximum Gasteiger partial charge on any atom is 0.263 e. The Morgan fingerprint density at radius 2 is 2.19 bits per heavy atom. The smallest absolute Gasteiger partial charge is 0.263 e. The quantitative estimate of drug-likeness (QED) is 0.383. The molecule has 31 heavy (non-hydrogen) atoms. The van der Waals surface area contributed by atoms with Gasteiger partial charge in [-0.2, -0.15) is 0 Å². The van der Waals surface area contributed by atoms with Crippen molar-refractivity contribution in [3.8, 4) is 5.75 Å². The Hall–Kier alpha value is -2.03. The summed E-state index contributed by atoms with van der Waals surface area (Å²) in [5.74, 6) is 0.723. The number of methoxy groups -OCH3 is 1. The van der Waals surface area contributed by atoms with Crippen LogP contribution >= 0.6 is 34.7 Å². The molecule has 4 rings (SSSR count). The van der Waals surface area contributed by atoms with Gasteiger partial charge in [0, 0.05) is 16.4 Å². The third kappa shape index (κ3) is 4.61. The van der Waals surface area contributed by atoms with Crippen molar-refractivity contribution in [3.05, 3.63) is 44.0 Å². The number of amides is 1. The Morgan fingerprint density at radius 1 is 1.39 bits per heavy atom. The molecule has 0 saturated carbocycles. The number of hydrogen-bond acceptors (Lipinski definition) is 6. The van der Waals surface area contributed by atoms with Crippen LogP contribution in [0.15, 0.2) is 28.2 Å². The molecule has 164 valence electrons. The molecule has 3 aromatic rings. The van der Waals surface area contributed by atoms with Gasteiger partial charge in [-0.25, -0.2) is 4.98 Å². The summed E-state index contributed by atoms with van der Waals surface area (Å²) in [6, 6.07) is 5.05.